The third-order valence-electron chi connectivity index (χ3n) is 2.59. The van der Waals surface area contributed by atoms with Crippen LogP contribution in [0.4, 0.5) is 0 Å². The van der Waals surface area contributed by atoms with Gasteiger partial charge in [0.05, 0.1) is 16.6 Å². The van der Waals surface area contributed by atoms with E-state index >= 15 is 0 Å². The Labute approximate surface area is 115 Å². The predicted molar refractivity (Wildman–Crippen MR) is 72.5 cm³/mol. The Balaban J connectivity index is 3.42. The van der Waals surface area contributed by atoms with Crippen LogP contribution < -0.4 is 0 Å². The van der Waals surface area contributed by atoms with Gasteiger partial charge in [-0.2, -0.15) is 0 Å². The first kappa shape index (κ1) is 15.2. The molecule has 18 heavy (non-hydrogen) atoms. The molecule has 100 valence electrons. The van der Waals surface area contributed by atoms with Crippen LogP contribution in [0.15, 0.2) is 21.5 Å². The zero-order chi connectivity index (χ0) is 14.1. The molecule has 0 aliphatic carbocycles. The topological polar surface area (TPSA) is 71.4 Å². The molecule has 0 saturated heterocycles. The first-order valence-electron chi connectivity index (χ1n) is 5.41. The summed E-state index contributed by atoms with van der Waals surface area (Å²) in [6, 6.07) is 2.99. The second kappa shape index (κ2) is 5.40. The van der Waals surface area contributed by atoms with Crippen molar-refractivity contribution in [3.8, 4) is 0 Å². The van der Waals surface area contributed by atoms with Gasteiger partial charge in [-0.3, -0.25) is 4.79 Å². The van der Waals surface area contributed by atoms with Crippen LogP contribution in [0.25, 0.3) is 0 Å². The number of sulfone groups is 1. The maximum Gasteiger partial charge on any atom is 0.307 e. The molecular formula is C12H15BrO4S. The van der Waals surface area contributed by atoms with Gasteiger partial charge >= 0.3 is 5.97 Å². The number of carboxylic acids is 1. The van der Waals surface area contributed by atoms with Gasteiger partial charge in [0.25, 0.3) is 0 Å². The number of hydrogen-bond donors (Lipinski definition) is 1. The Hall–Kier alpha value is -0.880. The highest BCUT2D eigenvalue weighted by Crippen LogP contribution is 2.27. The van der Waals surface area contributed by atoms with E-state index in [2.05, 4.69) is 15.9 Å². The van der Waals surface area contributed by atoms with Crippen LogP contribution in [0.3, 0.4) is 0 Å². The molecule has 1 aromatic carbocycles. The molecule has 0 atom stereocenters. The van der Waals surface area contributed by atoms with Crippen molar-refractivity contribution >= 4 is 31.7 Å². The molecule has 1 aromatic rings. The number of aryl methyl sites for hydroxylation is 1. The number of carboxylic acid groups (broad SMARTS) is 1. The average Bonchev–Trinajstić information content (AvgIpc) is 2.23. The fourth-order valence-electron chi connectivity index (χ4n) is 1.53. The minimum absolute atomic E-state index is 0.175. The molecule has 0 spiro atoms. The molecule has 0 radical (unpaired) electrons. The van der Waals surface area contributed by atoms with Gasteiger partial charge in [0, 0.05) is 4.47 Å². The van der Waals surface area contributed by atoms with Crippen LogP contribution in [-0.4, -0.2) is 24.7 Å². The van der Waals surface area contributed by atoms with Gasteiger partial charge in [0.15, 0.2) is 9.84 Å². The normalized spacial score (nSPS) is 11.8. The van der Waals surface area contributed by atoms with Crippen molar-refractivity contribution < 1.29 is 18.3 Å². The monoisotopic (exact) mass is 334 g/mol. The van der Waals surface area contributed by atoms with Crippen LogP contribution in [0, 0.1) is 6.92 Å². The van der Waals surface area contributed by atoms with Gasteiger partial charge in [-0.1, -0.05) is 15.9 Å². The highest BCUT2D eigenvalue weighted by molar-refractivity contribution is 9.10. The molecule has 1 rings (SSSR count). The molecule has 0 bridgehead atoms. The Kier molecular flexibility index (Phi) is 4.55. The summed E-state index contributed by atoms with van der Waals surface area (Å²) in [5.41, 5.74) is 1.19. The Morgan fingerprint density at radius 2 is 1.94 bits per heavy atom. The maximum atomic E-state index is 12.1. The van der Waals surface area contributed by atoms with Gasteiger partial charge < -0.3 is 5.11 Å². The maximum absolute atomic E-state index is 12.1. The minimum Gasteiger partial charge on any atom is -0.481 e. The van der Waals surface area contributed by atoms with E-state index in [9.17, 15) is 13.2 Å². The van der Waals surface area contributed by atoms with E-state index in [0.717, 1.165) is 0 Å². The van der Waals surface area contributed by atoms with Crippen molar-refractivity contribution in [2.45, 2.75) is 37.3 Å². The number of benzene rings is 1. The molecule has 0 fully saturated rings. The molecule has 0 aliphatic rings. The van der Waals surface area contributed by atoms with Gasteiger partial charge in [-0.05, 0) is 44.0 Å². The van der Waals surface area contributed by atoms with Gasteiger partial charge in [0.1, 0.15) is 0 Å². The fraction of sp³-hybridized carbons (Fsp3) is 0.417. The lowest BCUT2D eigenvalue weighted by atomic mass is 10.1. The quantitative estimate of drug-likeness (QED) is 0.918. The lowest BCUT2D eigenvalue weighted by Crippen LogP contribution is -2.15. The van der Waals surface area contributed by atoms with Crippen LogP contribution in [0.2, 0.25) is 0 Å². The molecule has 6 heteroatoms. The number of halogens is 1. The van der Waals surface area contributed by atoms with E-state index in [0.29, 0.717) is 15.6 Å². The average molecular weight is 335 g/mol. The standard InChI is InChI=1S/C12H15BrO4S/c1-7(2)18(16,17)10-4-8(3)12(13)9(5-10)6-11(14)15/h4-5,7H,6H2,1-3H3,(H,14,15). The van der Waals surface area contributed by atoms with Gasteiger partial charge in [0.2, 0.25) is 0 Å². The molecule has 0 amide bonds. The lowest BCUT2D eigenvalue weighted by molar-refractivity contribution is -0.136. The van der Waals surface area contributed by atoms with E-state index in [1.165, 1.54) is 6.07 Å². The summed E-state index contributed by atoms with van der Waals surface area (Å²) >= 11 is 3.29. The van der Waals surface area contributed by atoms with Crippen LogP contribution in [0.1, 0.15) is 25.0 Å². The molecule has 0 heterocycles. The first-order valence-corrected chi connectivity index (χ1v) is 7.75. The van der Waals surface area contributed by atoms with E-state index in [1.807, 2.05) is 0 Å². The third kappa shape index (κ3) is 3.11. The van der Waals surface area contributed by atoms with Gasteiger partial charge in [-0.25, -0.2) is 8.42 Å². The van der Waals surface area contributed by atoms with Crippen molar-refractivity contribution in [3.63, 3.8) is 0 Å². The van der Waals surface area contributed by atoms with Crippen LogP contribution in [0.5, 0.6) is 0 Å². The van der Waals surface area contributed by atoms with Gasteiger partial charge in [-0.15, -0.1) is 0 Å². The Bertz CT molecular complexity index is 576. The molecule has 0 unspecified atom stereocenters. The zero-order valence-corrected chi connectivity index (χ0v) is 12.8. The molecular weight excluding hydrogens is 320 g/mol. The summed E-state index contributed by atoms with van der Waals surface area (Å²) in [6.45, 7) is 4.95. The smallest absolute Gasteiger partial charge is 0.307 e. The summed E-state index contributed by atoms with van der Waals surface area (Å²) in [5.74, 6) is -0.991. The number of carbonyl (C=O) groups is 1. The van der Waals surface area contributed by atoms with E-state index in [4.69, 9.17) is 5.11 Å². The van der Waals surface area contributed by atoms with Crippen molar-refractivity contribution in [1.82, 2.24) is 0 Å². The highest BCUT2D eigenvalue weighted by Gasteiger charge is 2.21. The molecule has 0 aromatic heterocycles. The van der Waals surface area contributed by atoms with E-state index < -0.39 is 21.1 Å². The second-order valence-corrected chi connectivity index (χ2v) is 7.67. The SMILES string of the molecule is Cc1cc(S(=O)(=O)C(C)C)cc(CC(=O)O)c1Br. The van der Waals surface area contributed by atoms with Crippen molar-refractivity contribution in [2.24, 2.45) is 0 Å². The molecule has 0 aliphatic heterocycles. The number of aliphatic carboxylic acids is 1. The molecule has 0 saturated carbocycles. The summed E-state index contributed by atoms with van der Waals surface area (Å²) in [5, 5.41) is 8.28. The minimum atomic E-state index is -3.39. The summed E-state index contributed by atoms with van der Waals surface area (Å²) in [7, 11) is -3.39. The Morgan fingerprint density at radius 3 is 2.39 bits per heavy atom. The zero-order valence-electron chi connectivity index (χ0n) is 10.4. The summed E-state index contributed by atoms with van der Waals surface area (Å²) in [4.78, 5) is 10.9. The van der Waals surface area contributed by atoms with Crippen molar-refractivity contribution in [2.75, 3.05) is 0 Å². The third-order valence-corrected chi connectivity index (χ3v) is 5.86. The number of rotatable bonds is 4. The molecule has 4 nitrogen and oxygen atoms in total. The van der Waals surface area contributed by atoms with E-state index in [-0.39, 0.29) is 11.3 Å². The summed E-state index contributed by atoms with van der Waals surface area (Å²) in [6.07, 6.45) is -0.205. The fourth-order valence-corrected chi connectivity index (χ4v) is 3.10. The predicted octanol–water partition coefficient (Wildman–Crippen LogP) is 2.57. The highest BCUT2D eigenvalue weighted by atomic mass is 79.9. The first-order chi connectivity index (χ1) is 8.16. The number of hydrogen-bond acceptors (Lipinski definition) is 3. The Morgan fingerprint density at radius 1 is 1.39 bits per heavy atom. The largest absolute Gasteiger partial charge is 0.481 e. The lowest BCUT2D eigenvalue weighted by Gasteiger charge is -2.12. The van der Waals surface area contributed by atoms with Crippen LogP contribution in [-0.2, 0) is 21.1 Å². The summed E-state index contributed by atoms with van der Waals surface area (Å²) < 4.78 is 24.8. The van der Waals surface area contributed by atoms with Crippen LogP contribution >= 0.6 is 15.9 Å². The van der Waals surface area contributed by atoms with Crippen molar-refractivity contribution in [3.05, 3.63) is 27.7 Å². The second-order valence-electron chi connectivity index (χ2n) is 4.38. The molecule has 1 N–H and O–H groups in total. The van der Waals surface area contributed by atoms with Crippen molar-refractivity contribution in [1.29, 1.82) is 0 Å². The van der Waals surface area contributed by atoms with E-state index in [1.54, 1.807) is 26.8 Å².